The Morgan fingerprint density at radius 1 is 1.67 bits per heavy atom. The van der Waals surface area contributed by atoms with E-state index >= 15 is 0 Å². The second kappa shape index (κ2) is 5.50. The monoisotopic (exact) mass is 211 g/mol. The third kappa shape index (κ3) is 2.79. The number of carboxylic acid groups (broad SMARTS) is 1. The van der Waals surface area contributed by atoms with Crippen LogP contribution in [0.1, 0.15) is 32.0 Å². The quantitative estimate of drug-likeness (QED) is 0.737. The first-order chi connectivity index (χ1) is 7.20. The van der Waals surface area contributed by atoms with Crippen LogP contribution in [0.25, 0.3) is 0 Å². The largest absolute Gasteiger partial charge is 0.480 e. The standard InChI is InChI=1S/C10H17N3O2/c1-3-5-13-7-11-6-8(13)9(10(14)15)12-4-2/h6-7,9,12H,3-5H2,1-2H3,(H,14,15). The number of aromatic nitrogens is 2. The molecule has 0 aliphatic carbocycles. The van der Waals surface area contributed by atoms with E-state index in [2.05, 4.69) is 10.3 Å². The Bertz CT molecular complexity index is 322. The van der Waals surface area contributed by atoms with Crippen molar-refractivity contribution in [1.82, 2.24) is 14.9 Å². The minimum atomic E-state index is -0.866. The molecule has 0 aromatic carbocycles. The van der Waals surface area contributed by atoms with Crippen molar-refractivity contribution >= 4 is 5.97 Å². The number of carbonyl (C=O) groups is 1. The fourth-order valence-electron chi connectivity index (χ4n) is 1.52. The van der Waals surface area contributed by atoms with Crippen molar-refractivity contribution in [2.45, 2.75) is 32.9 Å². The summed E-state index contributed by atoms with van der Waals surface area (Å²) in [5, 5.41) is 12.0. The van der Waals surface area contributed by atoms with Crippen LogP contribution in [0.4, 0.5) is 0 Å². The molecule has 5 heteroatoms. The lowest BCUT2D eigenvalue weighted by atomic mass is 10.2. The summed E-state index contributed by atoms with van der Waals surface area (Å²) in [4.78, 5) is 15.0. The zero-order valence-electron chi connectivity index (χ0n) is 9.10. The lowest BCUT2D eigenvalue weighted by Gasteiger charge is -2.15. The molecule has 0 radical (unpaired) electrons. The van der Waals surface area contributed by atoms with E-state index in [1.807, 2.05) is 18.4 Å². The number of hydrogen-bond acceptors (Lipinski definition) is 3. The van der Waals surface area contributed by atoms with Gasteiger partial charge in [-0.15, -0.1) is 0 Å². The fraction of sp³-hybridized carbons (Fsp3) is 0.600. The van der Waals surface area contributed by atoms with Crippen LogP contribution in [0.2, 0.25) is 0 Å². The Balaban J connectivity index is 2.89. The summed E-state index contributed by atoms with van der Waals surface area (Å²) in [6, 6.07) is -0.663. The number of aryl methyl sites for hydroxylation is 1. The molecule has 1 aromatic heterocycles. The Kier molecular flexibility index (Phi) is 4.30. The lowest BCUT2D eigenvalue weighted by molar-refractivity contribution is -0.139. The predicted octanol–water partition coefficient (Wildman–Crippen LogP) is 1.03. The van der Waals surface area contributed by atoms with Crippen LogP contribution in [0.15, 0.2) is 12.5 Å². The molecule has 1 rings (SSSR count). The SMILES string of the molecule is CCCn1cncc1C(NCC)C(=O)O. The second-order valence-corrected chi connectivity index (χ2v) is 3.34. The molecule has 1 atom stereocenters. The van der Waals surface area contributed by atoms with Gasteiger partial charge >= 0.3 is 5.97 Å². The highest BCUT2D eigenvalue weighted by Gasteiger charge is 2.21. The molecular formula is C10H17N3O2. The van der Waals surface area contributed by atoms with Crippen molar-refractivity contribution in [3.8, 4) is 0 Å². The van der Waals surface area contributed by atoms with Crippen molar-refractivity contribution in [2.75, 3.05) is 6.54 Å². The number of imidazole rings is 1. The maximum atomic E-state index is 11.0. The van der Waals surface area contributed by atoms with Crippen molar-refractivity contribution in [2.24, 2.45) is 0 Å². The summed E-state index contributed by atoms with van der Waals surface area (Å²) >= 11 is 0. The molecular weight excluding hydrogens is 194 g/mol. The van der Waals surface area contributed by atoms with Crippen LogP contribution in [0.3, 0.4) is 0 Å². The van der Waals surface area contributed by atoms with E-state index in [1.54, 1.807) is 12.5 Å². The Hall–Kier alpha value is -1.36. The average molecular weight is 211 g/mol. The fourth-order valence-corrected chi connectivity index (χ4v) is 1.52. The molecule has 2 N–H and O–H groups in total. The highest BCUT2D eigenvalue weighted by atomic mass is 16.4. The Labute approximate surface area is 89.1 Å². The van der Waals surface area contributed by atoms with E-state index in [0.29, 0.717) is 12.2 Å². The van der Waals surface area contributed by atoms with Gasteiger partial charge in [0.1, 0.15) is 6.04 Å². The third-order valence-corrected chi connectivity index (χ3v) is 2.16. The lowest BCUT2D eigenvalue weighted by Crippen LogP contribution is -2.30. The van der Waals surface area contributed by atoms with Gasteiger partial charge in [0.05, 0.1) is 18.2 Å². The van der Waals surface area contributed by atoms with Crippen LogP contribution >= 0.6 is 0 Å². The van der Waals surface area contributed by atoms with Crippen molar-refractivity contribution in [3.05, 3.63) is 18.2 Å². The van der Waals surface area contributed by atoms with E-state index in [4.69, 9.17) is 5.11 Å². The summed E-state index contributed by atoms with van der Waals surface area (Å²) in [5.74, 6) is -0.866. The van der Waals surface area contributed by atoms with Gasteiger partial charge in [0.25, 0.3) is 0 Å². The summed E-state index contributed by atoms with van der Waals surface area (Å²) in [5.41, 5.74) is 0.714. The summed E-state index contributed by atoms with van der Waals surface area (Å²) in [6.45, 7) is 5.35. The van der Waals surface area contributed by atoms with Gasteiger partial charge in [-0.05, 0) is 13.0 Å². The van der Waals surface area contributed by atoms with Crippen molar-refractivity contribution < 1.29 is 9.90 Å². The Morgan fingerprint density at radius 2 is 2.40 bits per heavy atom. The zero-order valence-corrected chi connectivity index (χ0v) is 9.10. The topological polar surface area (TPSA) is 67.2 Å². The van der Waals surface area contributed by atoms with E-state index in [0.717, 1.165) is 13.0 Å². The van der Waals surface area contributed by atoms with Crippen molar-refractivity contribution in [1.29, 1.82) is 0 Å². The maximum absolute atomic E-state index is 11.0. The molecule has 0 aliphatic heterocycles. The van der Waals surface area contributed by atoms with Gasteiger partial charge in [-0.1, -0.05) is 13.8 Å². The molecule has 0 aliphatic rings. The molecule has 0 saturated heterocycles. The third-order valence-electron chi connectivity index (χ3n) is 2.16. The number of rotatable bonds is 6. The molecule has 1 unspecified atom stereocenters. The highest BCUT2D eigenvalue weighted by molar-refractivity contribution is 5.74. The summed E-state index contributed by atoms with van der Waals surface area (Å²) in [6.07, 6.45) is 4.24. The number of likely N-dealkylation sites (N-methyl/N-ethyl adjacent to an activating group) is 1. The first-order valence-corrected chi connectivity index (χ1v) is 5.16. The molecule has 15 heavy (non-hydrogen) atoms. The van der Waals surface area contributed by atoms with Crippen LogP contribution in [-0.2, 0) is 11.3 Å². The molecule has 5 nitrogen and oxygen atoms in total. The van der Waals surface area contributed by atoms with Gasteiger partial charge in [-0.2, -0.15) is 0 Å². The second-order valence-electron chi connectivity index (χ2n) is 3.34. The van der Waals surface area contributed by atoms with Gasteiger partial charge in [0.15, 0.2) is 0 Å². The van der Waals surface area contributed by atoms with Crippen LogP contribution in [0, 0.1) is 0 Å². The van der Waals surface area contributed by atoms with Gasteiger partial charge < -0.3 is 9.67 Å². The highest BCUT2D eigenvalue weighted by Crippen LogP contribution is 2.13. The van der Waals surface area contributed by atoms with Crippen LogP contribution < -0.4 is 5.32 Å². The molecule has 0 amide bonds. The van der Waals surface area contributed by atoms with Gasteiger partial charge in [0, 0.05) is 6.54 Å². The molecule has 1 heterocycles. The van der Waals surface area contributed by atoms with Gasteiger partial charge in [-0.25, -0.2) is 4.98 Å². The van der Waals surface area contributed by atoms with E-state index in [1.165, 1.54) is 0 Å². The number of nitrogens with one attached hydrogen (secondary N) is 1. The number of nitrogens with zero attached hydrogens (tertiary/aromatic N) is 2. The molecule has 1 aromatic rings. The van der Waals surface area contributed by atoms with E-state index in [-0.39, 0.29) is 0 Å². The number of hydrogen-bond donors (Lipinski definition) is 2. The zero-order chi connectivity index (χ0) is 11.3. The minimum absolute atomic E-state index is 0.619. The Morgan fingerprint density at radius 3 is 2.93 bits per heavy atom. The molecule has 0 saturated carbocycles. The predicted molar refractivity (Wildman–Crippen MR) is 56.6 cm³/mol. The van der Waals surface area contributed by atoms with Crippen molar-refractivity contribution in [3.63, 3.8) is 0 Å². The van der Waals surface area contributed by atoms with E-state index < -0.39 is 12.0 Å². The van der Waals surface area contributed by atoms with Crippen LogP contribution in [0.5, 0.6) is 0 Å². The molecule has 0 bridgehead atoms. The molecule has 0 fully saturated rings. The maximum Gasteiger partial charge on any atom is 0.326 e. The van der Waals surface area contributed by atoms with Crippen LogP contribution in [-0.4, -0.2) is 27.2 Å². The summed E-state index contributed by atoms with van der Waals surface area (Å²) < 4.78 is 1.88. The first kappa shape index (κ1) is 11.7. The normalized spacial score (nSPS) is 12.7. The van der Waals surface area contributed by atoms with Gasteiger partial charge in [-0.3, -0.25) is 10.1 Å². The van der Waals surface area contributed by atoms with Gasteiger partial charge in [0.2, 0.25) is 0 Å². The molecule has 0 spiro atoms. The number of carboxylic acids is 1. The van der Waals surface area contributed by atoms with E-state index in [9.17, 15) is 4.79 Å². The molecule has 84 valence electrons. The summed E-state index contributed by atoms with van der Waals surface area (Å²) in [7, 11) is 0. The average Bonchev–Trinajstić information content (AvgIpc) is 2.62. The first-order valence-electron chi connectivity index (χ1n) is 5.16. The minimum Gasteiger partial charge on any atom is -0.480 e. The smallest absolute Gasteiger partial charge is 0.326 e. The number of aliphatic carboxylic acids is 1.